The fourth-order valence-corrected chi connectivity index (χ4v) is 1.39. The maximum absolute atomic E-state index is 4.41. The van der Waals surface area contributed by atoms with Crippen molar-refractivity contribution >= 4 is 10.0 Å². The Bertz CT molecular complexity index is 291. The molecule has 3 nitrogen and oxygen atoms in total. The SMILES string of the molecule is Cc1nnc(S(C)(C)C)nc1C. The van der Waals surface area contributed by atoms with Crippen molar-refractivity contribution in [2.24, 2.45) is 0 Å². The van der Waals surface area contributed by atoms with Crippen molar-refractivity contribution in [1.82, 2.24) is 15.2 Å². The molecule has 0 N–H and O–H groups in total. The predicted octanol–water partition coefficient (Wildman–Crippen LogP) is 1.54. The lowest BCUT2D eigenvalue weighted by Gasteiger charge is -2.22. The minimum atomic E-state index is -0.827. The van der Waals surface area contributed by atoms with Crippen molar-refractivity contribution in [3.8, 4) is 0 Å². The number of nitrogens with zero attached hydrogens (tertiary/aromatic N) is 3. The van der Waals surface area contributed by atoms with Crippen molar-refractivity contribution < 1.29 is 0 Å². The van der Waals surface area contributed by atoms with E-state index < -0.39 is 10.0 Å². The average Bonchev–Trinajstić information content (AvgIpc) is 1.92. The molecule has 1 aromatic rings. The van der Waals surface area contributed by atoms with Gasteiger partial charge in [0.2, 0.25) is 0 Å². The fraction of sp³-hybridized carbons (Fsp3) is 0.625. The number of hydrogen-bond donors (Lipinski definition) is 0. The van der Waals surface area contributed by atoms with Crippen LogP contribution in [0.15, 0.2) is 5.16 Å². The Labute approximate surface area is 74.9 Å². The summed E-state index contributed by atoms with van der Waals surface area (Å²) in [5, 5.41) is 9.03. The molecule has 68 valence electrons. The highest BCUT2D eigenvalue weighted by Crippen LogP contribution is 2.41. The predicted molar refractivity (Wildman–Crippen MR) is 52.9 cm³/mol. The second kappa shape index (κ2) is 3.01. The van der Waals surface area contributed by atoms with E-state index in [0.29, 0.717) is 0 Å². The number of hydrogen-bond acceptors (Lipinski definition) is 3. The van der Waals surface area contributed by atoms with Gasteiger partial charge in [-0.05, 0) is 32.6 Å². The number of rotatable bonds is 1. The van der Waals surface area contributed by atoms with Gasteiger partial charge in [0, 0.05) is 0 Å². The van der Waals surface area contributed by atoms with E-state index in [1.807, 2.05) is 13.8 Å². The Morgan fingerprint density at radius 2 is 1.50 bits per heavy atom. The van der Waals surface area contributed by atoms with Gasteiger partial charge in [0.1, 0.15) is 0 Å². The Morgan fingerprint density at radius 1 is 0.917 bits per heavy atom. The first-order valence-corrected chi connectivity index (χ1v) is 6.63. The van der Waals surface area contributed by atoms with E-state index in [0.717, 1.165) is 16.5 Å². The molecule has 0 aromatic carbocycles. The summed E-state index contributed by atoms with van der Waals surface area (Å²) in [7, 11) is -0.827. The lowest BCUT2D eigenvalue weighted by molar-refractivity contribution is 0.785. The van der Waals surface area contributed by atoms with Crippen molar-refractivity contribution in [3.05, 3.63) is 11.4 Å². The Morgan fingerprint density at radius 3 is 1.92 bits per heavy atom. The summed E-state index contributed by atoms with van der Waals surface area (Å²) in [6.45, 7) is 3.90. The zero-order valence-corrected chi connectivity index (χ0v) is 9.07. The molecule has 0 fully saturated rings. The monoisotopic (exact) mass is 185 g/mol. The minimum Gasteiger partial charge on any atom is -0.226 e. The Kier molecular flexibility index (Phi) is 2.37. The van der Waals surface area contributed by atoms with Crippen LogP contribution < -0.4 is 0 Å². The smallest absolute Gasteiger partial charge is 0.191 e. The van der Waals surface area contributed by atoms with Gasteiger partial charge in [-0.25, -0.2) is 4.98 Å². The molecule has 0 aliphatic heterocycles. The van der Waals surface area contributed by atoms with E-state index in [9.17, 15) is 0 Å². The molecule has 1 heterocycles. The van der Waals surface area contributed by atoms with Crippen molar-refractivity contribution in [3.63, 3.8) is 0 Å². The quantitative estimate of drug-likeness (QED) is 0.666. The van der Waals surface area contributed by atoms with E-state index >= 15 is 0 Å². The third-order valence-electron chi connectivity index (χ3n) is 1.62. The highest BCUT2D eigenvalue weighted by Gasteiger charge is 2.12. The van der Waals surface area contributed by atoms with Gasteiger partial charge in [0.15, 0.2) is 5.16 Å². The largest absolute Gasteiger partial charge is 0.226 e. The summed E-state index contributed by atoms with van der Waals surface area (Å²) in [5.41, 5.74) is 1.91. The maximum Gasteiger partial charge on any atom is 0.191 e. The average molecular weight is 185 g/mol. The molecular formula is C8H15N3S. The normalized spacial score (nSPS) is 13.1. The summed E-state index contributed by atoms with van der Waals surface area (Å²) in [6.07, 6.45) is 6.50. The molecule has 0 bridgehead atoms. The van der Waals surface area contributed by atoms with E-state index in [1.54, 1.807) is 0 Å². The van der Waals surface area contributed by atoms with Gasteiger partial charge in [-0.15, -0.1) is 5.10 Å². The molecule has 12 heavy (non-hydrogen) atoms. The zero-order valence-electron chi connectivity index (χ0n) is 8.25. The molecule has 0 aliphatic rings. The third kappa shape index (κ3) is 1.94. The lowest BCUT2D eigenvalue weighted by atomic mass is 10.4. The van der Waals surface area contributed by atoms with Gasteiger partial charge in [0.05, 0.1) is 11.4 Å². The standard InChI is InChI=1S/C8H15N3S/c1-6-7(2)10-11-8(9-6)12(3,4)5/h1-5H3. The molecule has 0 spiro atoms. The van der Waals surface area contributed by atoms with Crippen LogP contribution in [0.3, 0.4) is 0 Å². The van der Waals surface area contributed by atoms with Crippen molar-refractivity contribution in [2.75, 3.05) is 18.8 Å². The van der Waals surface area contributed by atoms with Gasteiger partial charge in [-0.3, -0.25) is 0 Å². The molecule has 0 aliphatic carbocycles. The van der Waals surface area contributed by atoms with Crippen molar-refractivity contribution in [1.29, 1.82) is 0 Å². The highest BCUT2D eigenvalue weighted by atomic mass is 32.3. The van der Waals surface area contributed by atoms with E-state index in [-0.39, 0.29) is 0 Å². The summed E-state index contributed by atoms with van der Waals surface area (Å²) in [6, 6.07) is 0. The molecule has 1 aromatic heterocycles. The third-order valence-corrected chi connectivity index (χ3v) is 2.89. The summed E-state index contributed by atoms with van der Waals surface area (Å²) in [4.78, 5) is 4.41. The first-order valence-electron chi connectivity index (χ1n) is 3.77. The van der Waals surface area contributed by atoms with Gasteiger partial charge in [-0.2, -0.15) is 15.1 Å². The fourth-order valence-electron chi connectivity index (χ4n) is 0.696. The second-order valence-corrected chi connectivity index (χ2v) is 7.64. The van der Waals surface area contributed by atoms with Crippen molar-refractivity contribution in [2.45, 2.75) is 19.0 Å². The van der Waals surface area contributed by atoms with Crippen LogP contribution in [0, 0.1) is 13.8 Å². The number of aromatic nitrogens is 3. The maximum atomic E-state index is 4.41. The minimum absolute atomic E-state index is 0.827. The van der Waals surface area contributed by atoms with Crippen LogP contribution in [0.4, 0.5) is 0 Å². The van der Waals surface area contributed by atoms with Crippen LogP contribution >= 0.6 is 10.0 Å². The van der Waals surface area contributed by atoms with Crippen LogP contribution in [-0.2, 0) is 0 Å². The molecule has 0 amide bonds. The summed E-state index contributed by atoms with van der Waals surface area (Å²) >= 11 is 0. The summed E-state index contributed by atoms with van der Waals surface area (Å²) in [5.74, 6) is 0. The van der Waals surface area contributed by atoms with Crippen LogP contribution in [0.5, 0.6) is 0 Å². The van der Waals surface area contributed by atoms with Gasteiger partial charge in [-0.1, -0.05) is 0 Å². The Balaban J connectivity index is 3.14. The Hall–Kier alpha value is -0.640. The zero-order chi connectivity index (χ0) is 9.35. The first-order chi connectivity index (χ1) is 5.41. The topological polar surface area (TPSA) is 38.7 Å². The molecule has 0 radical (unpaired) electrons. The molecule has 0 saturated heterocycles. The molecule has 4 heteroatoms. The van der Waals surface area contributed by atoms with Gasteiger partial charge < -0.3 is 0 Å². The van der Waals surface area contributed by atoms with Crippen LogP contribution in [0.1, 0.15) is 11.4 Å². The highest BCUT2D eigenvalue weighted by molar-refractivity contribution is 8.32. The first kappa shape index (κ1) is 9.45. The number of aryl methyl sites for hydroxylation is 2. The van der Waals surface area contributed by atoms with Gasteiger partial charge >= 0.3 is 0 Å². The molecule has 0 atom stereocenters. The van der Waals surface area contributed by atoms with E-state index in [1.165, 1.54) is 0 Å². The second-order valence-electron chi connectivity index (χ2n) is 3.60. The molecule has 0 saturated carbocycles. The van der Waals surface area contributed by atoms with E-state index in [2.05, 4.69) is 33.9 Å². The van der Waals surface area contributed by atoms with E-state index in [4.69, 9.17) is 0 Å². The van der Waals surface area contributed by atoms with Crippen LogP contribution in [0.2, 0.25) is 0 Å². The molecule has 1 rings (SSSR count). The lowest BCUT2D eigenvalue weighted by Crippen LogP contribution is -2.05. The van der Waals surface area contributed by atoms with Crippen LogP contribution in [0.25, 0.3) is 0 Å². The van der Waals surface area contributed by atoms with Gasteiger partial charge in [0.25, 0.3) is 0 Å². The molecular weight excluding hydrogens is 170 g/mol. The summed E-state index contributed by atoms with van der Waals surface area (Å²) < 4.78 is 0. The molecule has 0 unspecified atom stereocenters. The van der Waals surface area contributed by atoms with Crippen LogP contribution in [-0.4, -0.2) is 33.9 Å².